The van der Waals surface area contributed by atoms with Crippen molar-refractivity contribution in [3.05, 3.63) is 10.6 Å². The SMILES string of the molecule is C[C@H](O)[C@@H]1C(=O)N2C(C(=O)O)=C(SC3CN(C4=NCCS4)C3)[C@@H](C)[C@@H]12. The molecule has 0 saturated carbocycles. The maximum atomic E-state index is 12.3. The number of nitrogens with zero attached hydrogens (tertiary/aromatic N) is 3. The van der Waals surface area contributed by atoms with Crippen molar-refractivity contribution < 1.29 is 19.8 Å². The Bertz CT molecular complexity index is 687. The highest BCUT2D eigenvalue weighted by atomic mass is 32.2. The van der Waals surface area contributed by atoms with Gasteiger partial charge in [-0.1, -0.05) is 18.7 Å². The number of fused-ring (bicyclic) bond motifs is 1. The van der Waals surface area contributed by atoms with Crippen molar-refractivity contribution >= 4 is 40.6 Å². The molecule has 1 amide bonds. The van der Waals surface area contributed by atoms with Crippen molar-refractivity contribution in [1.82, 2.24) is 9.80 Å². The van der Waals surface area contributed by atoms with Crippen LogP contribution in [-0.2, 0) is 9.59 Å². The number of amides is 1. The largest absolute Gasteiger partial charge is 0.477 e. The Morgan fingerprint density at radius 2 is 2.16 bits per heavy atom. The number of thioether (sulfide) groups is 2. The molecule has 0 aliphatic carbocycles. The predicted octanol–water partition coefficient (Wildman–Crippen LogP) is 0.660. The molecule has 4 aliphatic heterocycles. The van der Waals surface area contributed by atoms with E-state index < -0.39 is 18.0 Å². The van der Waals surface area contributed by atoms with Crippen molar-refractivity contribution in [3.8, 4) is 0 Å². The fourth-order valence-electron chi connectivity index (χ4n) is 4.04. The lowest BCUT2D eigenvalue weighted by atomic mass is 9.79. The number of carbonyl (C=O) groups excluding carboxylic acids is 1. The second kappa shape index (κ2) is 6.21. The van der Waals surface area contributed by atoms with Crippen LogP contribution in [0.4, 0.5) is 0 Å². The summed E-state index contributed by atoms with van der Waals surface area (Å²) in [5, 5.41) is 20.9. The molecule has 4 heterocycles. The summed E-state index contributed by atoms with van der Waals surface area (Å²) in [6, 6.07) is -0.230. The molecule has 0 aromatic carbocycles. The third kappa shape index (κ3) is 2.59. The molecule has 2 saturated heterocycles. The monoisotopic (exact) mass is 383 g/mol. The number of β-lactam (4-membered cyclic amide) rings is 1. The van der Waals surface area contributed by atoms with Gasteiger partial charge in [-0.15, -0.1) is 11.8 Å². The number of aliphatic hydroxyl groups excluding tert-OH is 1. The van der Waals surface area contributed by atoms with E-state index in [1.807, 2.05) is 6.92 Å². The van der Waals surface area contributed by atoms with Crippen LogP contribution in [0.3, 0.4) is 0 Å². The number of carboxylic acid groups (broad SMARTS) is 1. The Hall–Kier alpha value is -1.19. The molecule has 4 atom stereocenters. The molecule has 0 aromatic heterocycles. The molecule has 0 spiro atoms. The number of hydrogen-bond acceptors (Lipinski definition) is 7. The highest BCUT2D eigenvalue weighted by molar-refractivity contribution is 8.14. The van der Waals surface area contributed by atoms with Gasteiger partial charge in [0.25, 0.3) is 0 Å². The number of amidine groups is 1. The van der Waals surface area contributed by atoms with E-state index in [0.29, 0.717) is 5.25 Å². The first-order chi connectivity index (χ1) is 11.9. The van der Waals surface area contributed by atoms with E-state index in [1.165, 1.54) is 4.90 Å². The molecule has 2 fully saturated rings. The molecule has 7 nitrogen and oxygen atoms in total. The van der Waals surface area contributed by atoms with Gasteiger partial charge in [-0.3, -0.25) is 9.79 Å². The average Bonchev–Trinajstić information content (AvgIpc) is 3.08. The van der Waals surface area contributed by atoms with Crippen molar-refractivity contribution in [1.29, 1.82) is 0 Å². The van der Waals surface area contributed by atoms with E-state index in [4.69, 9.17) is 0 Å². The van der Waals surface area contributed by atoms with Crippen molar-refractivity contribution in [2.45, 2.75) is 31.2 Å². The van der Waals surface area contributed by atoms with Crippen LogP contribution in [0.1, 0.15) is 13.8 Å². The number of carboxylic acids is 1. The Labute approximate surface area is 154 Å². The molecule has 0 radical (unpaired) electrons. The third-order valence-corrected chi connectivity index (χ3v) is 7.78. The van der Waals surface area contributed by atoms with Crippen molar-refractivity contribution in [2.24, 2.45) is 16.8 Å². The molecule has 136 valence electrons. The molecule has 2 N–H and O–H groups in total. The second-order valence-electron chi connectivity index (χ2n) is 6.93. The van der Waals surface area contributed by atoms with Gasteiger partial charge in [-0.25, -0.2) is 4.79 Å². The van der Waals surface area contributed by atoms with E-state index in [-0.39, 0.29) is 23.6 Å². The number of aliphatic hydroxyl groups is 1. The summed E-state index contributed by atoms with van der Waals surface area (Å²) in [6.07, 6.45) is -0.757. The smallest absolute Gasteiger partial charge is 0.353 e. The minimum atomic E-state index is -1.05. The lowest BCUT2D eigenvalue weighted by Gasteiger charge is -2.46. The van der Waals surface area contributed by atoms with Gasteiger partial charge >= 0.3 is 5.97 Å². The average molecular weight is 383 g/mol. The molecule has 0 unspecified atom stereocenters. The predicted molar refractivity (Wildman–Crippen MR) is 97.3 cm³/mol. The minimum absolute atomic E-state index is 0.0550. The van der Waals surface area contributed by atoms with Crippen LogP contribution in [-0.4, -0.2) is 79.8 Å². The normalized spacial score (nSPS) is 33.2. The van der Waals surface area contributed by atoms with Crippen molar-refractivity contribution in [2.75, 3.05) is 25.4 Å². The first kappa shape index (κ1) is 17.2. The quantitative estimate of drug-likeness (QED) is 0.689. The number of hydrogen-bond donors (Lipinski definition) is 2. The number of rotatable bonds is 4. The molecule has 9 heteroatoms. The van der Waals surface area contributed by atoms with Crippen LogP contribution in [0.15, 0.2) is 15.6 Å². The molecule has 25 heavy (non-hydrogen) atoms. The van der Waals surface area contributed by atoms with Gasteiger partial charge in [0.05, 0.1) is 24.6 Å². The number of aliphatic imine (C=N–C) groups is 1. The number of aliphatic carboxylic acids is 1. The molecule has 0 bridgehead atoms. The molecular formula is C16H21N3O4S2. The highest BCUT2D eigenvalue weighted by Gasteiger charge is 2.60. The zero-order chi connectivity index (χ0) is 17.9. The van der Waals surface area contributed by atoms with E-state index >= 15 is 0 Å². The van der Waals surface area contributed by atoms with Gasteiger partial charge in [0.15, 0.2) is 5.17 Å². The number of likely N-dealkylation sites (tertiary alicyclic amines) is 1. The lowest BCUT2D eigenvalue weighted by Crippen LogP contribution is -2.63. The summed E-state index contributed by atoms with van der Waals surface area (Å²) >= 11 is 3.35. The molecule has 0 aromatic rings. The van der Waals surface area contributed by atoms with Crippen molar-refractivity contribution in [3.63, 3.8) is 0 Å². The Morgan fingerprint density at radius 3 is 2.72 bits per heavy atom. The number of carbonyl (C=O) groups is 2. The topological polar surface area (TPSA) is 93.4 Å². The Balaban J connectivity index is 1.49. The summed E-state index contributed by atoms with van der Waals surface area (Å²) in [5.41, 5.74) is 0.121. The standard InChI is InChI=1S/C16H21N3O4S2/c1-7-11-10(8(2)20)14(21)19(11)12(15(22)23)13(7)25-9-5-18(6-9)16-17-3-4-24-16/h7-11,20H,3-6H2,1-2H3,(H,22,23)/t7-,8-,10-,11-/m0/s1. The van der Waals surface area contributed by atoms with Crippen LogP contribution in [0, 0.1) is 11.8 Å². The van der Waals surface area contributed by atoms with Gasteiger partial charge in [0.2, 0.25) is 5.91 Å². The summed E-state index contributed by atoms with van der Waals surface area (Å²) in [6.45, 7) is 6.16. The van der Waals surface area contributed by atoms with Crippen LogP contribution in [0.2, 0.25) is 0 Å². The van der Waals surface area contributed by atoms with Crippen LogP contribution < -0.4 is 0 Å². The Kier molecular flexibility index (Phi) is 4.28. The van der Waals surface area contributed by atoms with Gasteiger partial charge in [0, 0.05) is 34.9 Å². The summed E-state index contributed by atoms with van der Waals surface area (Å²) in [7, 11) is 0. The van der Waals surface area contributed by atoms with E-state index in [1.54, 1.807) is 30.4 Å². The summed E-state index contributed by atoms with van der Waals surface area (Å²) in [4.78, 5) is 33.0. The molecule has 4 rings (SSSR count). The van der Waals surface area contributed by atoms with E-state index in [0.717, 1.165) is 35.5 Å². The fourth-order valence-corrected chi connectivity index (χ4v) is 6.44. The highest BCUT2D eigenvalue weighted by Crippen LogP contribution is 2.52. The third-order valence-electron chi connectivity index (χ3n) is 5.29. The Morgan fingerprint density at radius 1 is 1.44 bits per heavy atom. The van der Waals surface area contributed by atoms with Crippen LogP contribution in [0.5, 0.6) is 0 Å². The maximum absolute atomic E-state index is 12.3. The maximum Gasteiger partial charge on any atom is 0.353 e. The van der Waals surface area contributed by atoms with Gasteiger partial charge in [-0.2, -0.15) is 0 Å². The lowest BCUT2D eigenvalue weighted by molar-refractivity contribution is -0.163. The zero-order valence-corrected chi connectivity index (χ0v) is 15.7. The van der Waals surface area contributed by atoms with Crippen LogP contribution >= 0.6 is 23.5 Å². The molecular weight excluding hydrogens is 362 g/mol. The van der Waals surface area contributed by atoms with E-state index in [9.17, 15) is 19.8 Å². The first-order valence-corrected chi connectivity index (χ1v) is 10.3. The van der Waals surface area contributed by atoms with E-state index in [2.05, 4.69) is 9.89 Å². The fraction of sp³-hybridized carbons (Fsp3) is 0.688. The van der Waals surface area contributed by atoms with Gasteiger partial charge < -0.3 is 20.0 Å². The first-order valence-electron chi connectivity index (χ1n) is 8.47. The van der Waals surface area contributed by atoms with Gasteiger partial charge in [-0.05, 0) is 6.92 Å². The summed E-state index contributed by atoms with van der Waals surface area (Å²) in [5.74, 6) is -0.841. The molecule has 4 aliphatic rings. The zero-order valence-electron chi connectivity index (χ0n) is 14.1. The van der Waals surface area contributed by atoms with Crippen LogP contribution in [0.25, 0.3) is 0 Å². The second-order valence-corrected chi connectivity index (χ2v) is 9.33. The van der Waals surface area contributed by atoms with Gasteiger partial charge in [0.1, 0.15) is 5.70 Å². The minimum Gasteiger partial charge on any atom is -0.477 e. The summed E-state index contributed by atoms with van der Waals surface area (Å²) < 4.78 is 0.